The molecule has 1 heterocycles. The van der Waals surface area contributed by atoms with Crippen molar-refractivity contribution in [2.45, 2.75) is 43.7 Å². The number of rotatable bonds is 4. The third-order valence-corrected chi connectivity index (χ3v) is 3.93. The van der Waals surface area contributed by atoms with Crippen LogP contribution in [0, 0.1) is 13.8 Å². The summed E-state index contributed by atoms with van der Waals surface area (Å²) in [6.07, 6.45) is 1.06. The summed E-state index contributed by atoms with van der Waals surface area (Å²) in [6, 6.07) is 8.48. The van der Waals surface area contributed by atoms with E-state index in [4.69, 9.17) is 5.73 Å². The van der Waals surface area contributed by atoms with Crippen LogP contribution in [-0.4, -0.2) is 9.78 Å². The SMILES string of the molecule is CCCn1nc(C)c(N)c1Sc1ccc(C)cc1. The molecule has 0 bridgehead atoms. The molecule has 2 aromatic rings. The van der Waals surface area contributed by atoms with E-state index in [0.717, 1.165) is 29.4 Å². The Morgan fingerprint density at radius 2 is 1.89 bits per heavy atom. The first-order chi connectivity index (χ1) is 8.61. The molecule has 1 aromatic heterocycles. The van der Waals surface area contributed by atoms with Gasteiger partial charge in [0, 0.05) is 11.4 Å². The lowest BCUT2D eigenvalue weighted by Gasteiger charge is -2.06. The summed E-state index contributed by atoms with van der Waals surface area (Å²) >= 11 is 1.69. The molecule has 2 rings (SSSR count). The van der Waals surface area contributed by atoms with Crippen LogP contribution in [0.2, 0.25) is 0 Å². The number of hydrogen-bond donors (Lipinski definition) is 1. The Balaban J connectivity index is 2.30. The molecule has 0 spiro atoms. The summed E-state index contributed by atoms with van der Waals surface area (Å²) in [5.41, 5.74) is 9.09. The number of hydrogen-bond acceptors (Lipinski definition) is 3. The molecule has 0 fully saturated rings. The zero-order valence-electron chi connectivity index (χ0n) is 11.1. The summed E-state index contributed by atoms with van der Waals surface area (Å²) in [6.45, 7) is 7.11. The first kappa shape index (κ1) is 13.0. The van der Waals surface area contributed by atoms with Gasteiger partial charge in [-0.15, -0.1) is 0 Å². The zero-order valence-corrected chi connectivity index (χ0v) is 11.9. The molecule has 96 valence electrons. The van der Waals surface area contributed by atoms with Gasteiger partial charge >= 0.3 is 0 Å². The molecule has 0 aliphatic rings. The van der Waals surface area contributed by atoms with E-state index in [0.29, 0.717) is 0 Å². The largest absolute Gasteiger partial charge is 0.395 e. The number of nitrogens with two attached hydrogens (primary N) is 1. The third kappa shape index (κ3) is 2.70. The van der Waals surface area contributed by atoms with Gasteiger partial charge in [0.2, 0.25) is 0 Å². The third-order valence-electron chi connectivity index (χ3n) is 2.80. The van der Waals surface area contributed by atoms with Crippen molar-refractivity contribution < 1.29 is 0 Å². The molecular formula is C14H19N3S. The summed E-state index contributed by atoms with van der Waals surface area (Å²) in [5, 5.41) is 5.54. The van der Waals surface area contributed by atoms with Crippen LogP contribution in [0.25, 0.3) is 0 Å². The van der Waals surface area contributed by atoms with E-state index in [-0.39, 0.29) is 0 Å². The van der Waals surface area contributed by atoms with Gasteiger partial charge in [0.25, 0.3) is 0 Å². The zero-order chi connectivity index (χ0) is 13.1. The number of anilines is 1. The van der Waals surface area contributed by atoms with Crippen LogP contribution in [0.3, 0.4) is 0 Å². The van der Waals surface area contributed by atoms with Crippen molar-refractivity contribution in [1.82, 2.24) is 9.78 Å². The minimum atomic E-state index is 0.800. The lowest BCUT2D eigenvalue weighted by Crippen LogP contribution is -2.01. The average molecular weight is 261 g/mol. The molecular weight excluding hydrogens is 242 g/mol. The van der Waals surface area contributed by atoms with Crippen LogP contribution in [0.5, 0.6) is 0 Å². The van der Waals surface area contributed by atoms with Gasteiger partial charge < -0.3 is 5.73 Å². The highest BCUT2D eigenvalue weighted by Gasteiger charge is 2.13. The molecule has 18 heavy (non-hydrogen) atoms. The first-order valence-electron chi connectivity index (χ1n) is 6.19. The molecule has 2 N–H and O–H groups in total. The molecule has 0 aliphatic heterocycles. The maximum absolute atomic E-state index is 6.11. The molecule has 4 heteroatoms. The Hall–Kier alpha value is -1.42. The maximum Gasteiger partial charge on any atom is 0.122 e. The molecule has 0 aliphatic carbocycles. The number of nitrogen functional groups attached to an aromatic ring is 1. The number of aryl methyl sites for hydroxylation is 3. The fraction of sp³-hybridized carbons (Fsp3) is 0.357. The fourth-order valence-electron chi connectivity index (χ4n) is 1.76. The van der Waals surface area contributed by atoms with Crippen molar-refractivity contribution in [2.75, 3.05) is 5.73 Å². The van der Waals surface area contributed by atoms with Crippen molar-refractivity contribution in [1.29, 1.82) is 0 Å². The first-order valence-corrected chi connectivity index (χ1v) is 7.01. The number of nitrogens with zero attached hydrogens (tertiary/aromatic N) is 2. The van der Waals surface area contributed by atoms with Crippen molar-refractivity contribution in [3.63, 3.8) is 0 Å². The van der Waals surface area contributed by atoms with Gasteiger partial charge in [-0.05, 0) is 32.4 Å². The number of aromatic nitrogens is 2. The predicted molar refractivity (Wildman–Crippen MR) is 77.0 cm³/mol. The predicted octanol–water partition coefficient (Wildman–Crippen LogP) is 3.64. The Bertz CT molecular complexity index is 529. The number of benzene rings is 1. The van der Waals surface area contributed by atoms with E-state index in [1.807, 2.05) is 11.6 Å². The van der Waals surface area contributed by atoms with E-state index in [9.17, 15) is 0 Å². The lowest BCUT2D eigenvalue weighted by molar-refractivity contribution is 0.556. The van der Waals surface area contributed by atoms with Crippen LogP contribution < -0.4 is 5.73 Å². The second-order valence-electron chi connectivity index (χ2n) is 4.44. The monoisotopic (exact) mass is 261 g/mol. The van der Waals surface area contributed by atoms with E-state index >= 15 is 0 Å². The van der Waals surface area contributed by atoms with Crippen LogP contribution in [-0.2, 0) is 6.54 Å². The molecule has 0 atom stereocenters. The standard InChI is InChI=1S/C14H19N3S/c1-4-9-17-14(13(15)11(3)16-17)18-12-7-5-10(2)6-8-12/h5-8H,4,9,15H2,1-3H3. The Labute approximate surface area is 112 Å². The molecule has 0 saturated carbocycles. The van der Waals surface area contributed by atoms with Crippen molar-refractivity contribution >= 4 is 17.4 Å². The van der Waals surface area contributed by atoms with Crippen LogP contribution in [0.1, 0.15) is 24.6 Å². The highest BCUT2D eigenvalue weighted by atomic mass is 32.2. The Kier molecular flexibility index (Phi) is 3.97. The Morgan fingerprint density at radius 1 is 1.22 bits per heavy atom. The minimum Gasteiger partial charge on any atom is -0.395 e. The fourth-order valence-corrected chi connectivity index (χ4v) is 2.75. The van der Waals surface area contributed by atoms with Crippen LogP contribution >= 0.6 is 11.8 Å². The molecule has 0 saturated heterocycles. The molecule has 0 radical (unpaired) electrons. The quantitative estimate of drug-likeness (QED) is 0.913. The van der Waals surface area contributed by atoms with E-state index in [1.165, 1.54) is 10.5 Å². The van der Waals surface area contributed by atoms with Crippen LogP contribution in [0.4, 0.5) is 5.69 Å². The highest BCUT2D eigenvalue weighted by Crippen LogP contribution is 2.33. The average Bonchev–Trinajstić information content (AvgIpc) is 2.60. The van der Waals surface area contributed by atoms with Crippen LogP contribution in [0.15, 0.2) is 34.2 Å². The second-order valence-corrected chi connectivity index (χ2v) is 5.50. The van der Waals surface area contributed by atoms with Gasteiger partial charge in [0.1, 0.15) is 5.03 Å². The van der Waals surface area contributed by atoms with Gasteiger partial charge in [-0.1, -0.05) is 36.4 Å². The molecule has 1 aromatic carbocycles. The Morgan fingerprint density at radius 3 is 2.50 bits per heavy atom. The summed E-state index contributed by atoms with van der Waals surface area (Å²) in [4.78, 5) is 1.20. The van der Waals surface area contributed by atoms with Gasteiger partial charge in [-0.2, -0.15) is 5.10 Å². The summed E-state index contributed by atoms with van der Waals surface area (Å²) in [5.74, 6) is 0. The molecule has 3 nitrogen and oxygen atoms in total. The van der Waals surface area contributed by atoms with E-state index in [2.05, 4.69) is 43.2 Å². The van der Waals surface area contributed by atoms with Crippen molar-refractivity contribution in [3.05, 3.63) is 35.5 Å². The van der Waals surface area contributed by atoms with Gasteiger partial charge in [0.15, 0.2) is 0 Å². The molecule has 0 unspecified atom stereocenters. The summed E-state index contributed by atoms with van der Waals surface area (Å²) in [7, 11) is 0. The van der Waals surface area contributed by atoms with E-state index in [1.54, 1.807) is 11.8 Å². The van der Waals surface area contributed by atoms with E-state index < -0.39 is 0 Å². The molecule has 0 amide bonds. The summed E-state index contributed by atoms with van der Waals surface area (Å²) < 4.78 is 2.01. The maximum atomic E-state index is 6.11. The normalized spacial score (nSPS) is 10.8. The topological polar surface area (TPSA) is 43.8 Å². The second kappa shape index (κ2) is 5.48. The van der Waals surface area contributed by atoms with Gasteiger partial charge in [-0.25, -0.2) is 0 Å². The van der Waals surface area contributed by atoms with Gasteiger partial charge in [-0.3, -0.25) is 4.68 Å². The minimum absolute atomic E-state index is 0.800. The lowest BCUT2D eigenvalue weighted by atomic mass is 10.2. The van der Waals surface area contributed by atoms with Gasteiger partial charge in [0.05, 0.1) is 11.4 Å². The smallest absolute Gasteiger partial charge is 0.122 e. The van der Waals surface area contributed by atoms with Crippen molar-refractivity contribution in [2.24, 2.45) is 0 Å². The highest BCUT2D eigenvalue weighted by molar-refractivity contribution is 7.99. The van der Waals surface area contributed by atoms with Crippen molar-refractivity contribution in [3.8, 4) is 0 Å².